The van der Waals surface area contributed by atoms with Crippen LogP contribution in [0.25, 0.3) is 0 Å². The molecule has 2 heterocycles. The molecule has 4 unspecified atom stereocenters. The first kappa shape index (κ1) is 12.2. The van der Waals surface area contributed by atoms with Crippen molar-refractivity contribution in [3.63, 3.8) is 0 Å². The van der Waals surface area contributed by atoms with E-state index < -0.39 is 0 Å². The fraction of sp³-hybridized carbons (Fsp3) is 0.800. The predicted molar refractivity (Wildman–Crippen MR) is 73.5 cm³/mol. The van der Waals surface area contributed by atoms with Gasteiger partial charge in [0, 0.05) is 24.3 Å². The Bertz CT molecular complexity index is 398. The molecule has 1 aliphatic carbocycles. The molecule has 3 heteroatoms. The highest BCUT2D eigenvalue weighted by molar-refractivity contribution is 5.09. The molecule has 0 spiro atoms. The van der Waals surface area contributed by atoms with Gasteiger partial charge in [-0.2, -0.15) is 0 Å². The molecule has 0 aromatic carbocycles. The van der Waals surface area contributed by atoms with E-state index in [1.165, 1.54) is 44.2 Å². The Hall–Kier alpha value is -0.830. The monoisotopic (exact) mass is 247 g/mol. The van der Waals surface area contributed by atoms with Crippen LogP contribution in [0.15, 0.2) is 12.5 Å². The predicted octanol–water partition coefficient (Wildman–Crippen LogP) is 3.45. The topological polar surface area (TPSA) is 29.9 Å². The van der Waals surface area contributed by atoms with E-state index in [4.69, 9.17) is 0 Å². The lowest BCUT2D eigenvalue weighted by atomic mass is 9.97. The zero-order chi connectivity index (χ0) is 12.5. The molecule has 1 saturated heterocycles. The molecule has 100 valence electrons. The van der Waals surface area contributed by atoms with Gasteiger partial charge in [0.2, 0.25) is 0 Å². The third kappa shape index (κ3) is 2.20. The lowest BCUT2D eigenvalue weighted by Crippen LogP contribution is -2.36. The zero-order valence-corrected chi connectivity index (χ0v) is 11.6. The van der Waals surface area contributed by atoms with Gasteiger partial charge in [-0.05, 0) is 44.9 Å². The van der Waals surface area contributed by atoms with Gasteiger partial charge in [0.05, 0.1) is 12.0 Å². The lowest BCUT2D eigenvalue weighted by molar-refractivity contribution is 0.312. The van der Waals surface area contributed by atoms with Crippen molar-refractivity contribution in [2.24, 2.45) is 5.92 Å². The van der Waals surface area contributed by atoms with E-state index >= 15 is 0 Å². The maximum absolute atomic E-state index is 4.42. The van der Waals surface area contributed by atoms with Crippen molar-refractivity contribution in [2.75, 3.05) is 0 Å². The molecule has 0 amide bonds. The van der Waals surface area contributed by atoms with Crippen LogP contribution < -0.4 is 5.32 Å². The fourth-order valence-electron chi connectivity index (χ4n) is 3.77. The number of rotatable bonds is 2. The molecule has 1 saturated carbocycles. The first-order valence-electron chi connectivity index (χ1n) is 7.53. The summed E-state index contributed by atoms with van der Waals surface area (Å²) in [6.07, 6.45) is 12.1. The number of piperidine rings is 1. The van der Waals surface area contributed by atoms with E-state index in [0.29, 0.717) is 18.1 Å². The van der Waals surface area contributed by atoms with Crippen LogP contribution in [0.3, 0.4) is 0 Å². The van der Waals surface area contributed by atoms with Crippen LogP contribution in [-0.4, -0.2) is 15.6 Å². The van der Waals surface area contributed by atoms with Crippen molar-refractivity contribution in [1.82, 2.24) is 14.9 Å². The average molecular weight is 247 g/mol. The van der Waals surface area contributed by atoms with Gasteiger partial charge in [-0.1, -0.05) is 13.3 Å². The van der Waals surface area contributed by atoms with Crippen molar-refractivity contribution < 1.29 is 0 Å². The fourth-order valence-corrected chi connectivity index (χ4v) is 3.77. The minimum atomic E-state index is 0.518. The highest BCUT2D eigenvalue weighted by atomic mass is 15.1. The Balaban J connectivity index is 1.82. The van der Waals surface area contributed by atoms with Gasteiger partial charge < -0.3 is 9.88 Å². The molecule has 0 radical (unpaired) electrons. The van der Waals surface area contributed by atoms with E-state index in [-0.39, 0.29) is 0 Å². The lowest BCUT2D eigenvalue weighted by Gasteiger charge is -2.31. The van der Waals surface area contributed by atoms with E-state index in [1.807, 2.05) is 0 Å². The van der Waals surface area contributed by atoms with Crippen molar-refractivity contribution >= 4 is 0 Å². The van der Waals surface area contributed by atoms with Crippen molar-refractivity contribution in [3.8, 4) is 0 Å². The molecule has 2 aliphatic rings. The first-order valence-corrected chi connectivity index (χ1v) is 7.53. The van der Waals surface area contributed by atoms with Gasteiger partial charge in [-0.15, -0.1) is 0 Å². The molecule has 1 aliphatic heterocycles. The van der Waals surface area contributed by atoms with Gasteiger partial charge in [-0.25, -0.2) is 4.98 Å². The summed E-state index contributed by atoms with van der Waals surface area (Å²) in [5, 5.41) is 3.74. The zero-order valence-electron chi connectivity index (χ0n) is 11.6. The number of hydrogen-bond acceptors (Lipinski definition) is 2. The summed E-state index contributed by atoms with van der Waals surface area (Å²) in [6.45, 7) is 4.68. The van der Waals surface area contributed by atoms with Crippen LogP contribution in [0.5, 0.6) is 0 Å². The summed E-state index contributed by atoms with van der Waals surface area (Å²) >= 11 is 0. The van der Waals surface area contributed by atoms with Crippen molar-refractivity contribution in [3.05, 3.63) is 18.2 Å². The van der Waals surface area contributed by atoms with E-state index in [1.54, 1.807) is 0 Å². The van der Waals surface area contributed by atoms with E-state index in [2.05, 4.69) is 41.2 Å². The number of nitrogens with zero attached hydrogens (tertiary/aromatic N) is 2. The Kier molecular flexibility index (Phi) is 3.42. The average Bonchev–Trinajstić information content (AvgIpc) is 2.96. The molecule has 2 fully saturated rings. The van der Waals surface area contributed by atoms with E-state index in [0.717, 1.165) is 5.92 Å². The van der Waals surface area contributed by atoms with Crippen molar-refractivity contribution in [2.45, 2.75) is 70.5 Å². The second kappa shape index (κ2) is 5.04. The van der Waals surface area contributed by atoms with E-state index in [9.17, 15) is 0 Å². The summed E-state index contributed by atoms with van der Waals surface area (Å²) < 4.78 is 2.47. The summed E-state index contributed by atoms with van der Waals surface area (Å²) in [7, 11) is 0. The standard InChI is InChI=1S/C15H25N3/c1-11-5-3-8-14(11)18-10-16-9-15(18)13-7-4-6-12(2)17-13/h9-14,17H,3-8H2,1-2H3. The summed E-state index contributed by atoms with van der Waals surface area (Å²) in [5.41, 5.74) is 1.42. The molecule has 18 heavy (non-hydrogen) atoms. The minimum Gasteiger partial charge on any atom is -0.330 e. The SMILES string of the molecule is CC1CCCC(c2cncn2C2CCCC2C)N1. The summed E-state index contributed by atoms with van der Waals surface area (Å²) in [5.74, 6) is 0.805. The van der Waals surface area contributed by atoms with Crippen LogP contribution in [0.2, 0.25) is 0 Å². The Morgan fingerprint density at radius 1 is 1.17 bits per heavy atom. The minimum absolute atomic E-state index is 0.518. The largest absolute Gasteiger partial charge is 0.330 e. The van der Waals surface area contributed by atoms with Gasteiger partial charge >= 0.3 is 0 Å². The van der Waals surface area contributed by atoms with Gasteiger partial charge in [0.15, 0.2) is 0 Å². The molecule has 3 nitrogen and oxygen atoms in total. The van der Waals surface area contributed by atoms with Crippen LogP contribution in [0.4, 0.5) is 0 Å². The summed E-state index contributed by atoms with van der Waals surface area (Å²) in [6, 6.07) is 1.85. The smallest absolute Gasteiger partial charge is 0.0951 e. The van der Waals surface area contributed by atoms with Gasteiger partial charge in [0.25, 0.3) is 0 Å². The highest BCUT2D eigenvalue weighted by Gasteiger charge is 2.29. The molecular weight excluding hydrogens is 222 g/mol. The Morgan fingerprint density at radius 2 is 2.00 bits per heavy atom. The number of hydrogen-bond donors (Lipinski definition) is 1. The Morgan fingerprint density at radius 3 is 2.72 bits per heavy atom. The second-order valence-corrected chi connectivity index (χ2v) is 6.25. The third-order valence-corrected chi connectivity index (χ3v) is 4.84. The quantitative estimate of drug-likeness (QED) is 0.867. The number of imidazole rings is 1. The third-order valence-electron chi connectivity index (χ3n) is 4.84. The van der Waals surface area contributed by atoms with Crippen LogP contribution in [-0.2, 0) is 0 Å². The second-order valence-electron chi connectivity index (χ2n) is 6.25. The van der Waals surface area contributed by atoms with Gasteiger partial charge in [-0.3, -0.25) is 0 Å². The molecule has 1 aromatic rings. The molecule has 1 N–H and O–H groups in total. The molecule has 0 bridgehead atoms. The normalized spacial score (nSPS) is 37.0. The maximum atomic E-state index is 4.42. The van der Waals surface area contributed by atoms with Crippen molar-refractivity contribution in [1.29, 1.82) is 0 Å². The van der Waals surface area contributed by atoms with Gasteiger partial charge in [0.1, 0.15) is 0 Å². The maximum Gasteiger partial charge on any atom is 0.0951 e. The highest BCUT2D eigenvalue weighted by Crippen LogP contribution is 2.37. The van der Waals surface area contributed by atoms with Crippen LogP contribution >= 0.6 is 0 Å². The molecule has 3 rings (SSSR count). The number of aromatic nitrogens is 2. The first-order chi connectivity index (χ1) is 8.75. The Labute approximate surface area is 110 Å². The van der Waals surface area contributed by atoms with Crippen LogP contribution in [0, 0.1) is 5.92 Å². The van der Waals surface area contributed by atoms with Crippen LogP contribution in [0.1, 0.15) is 70.2 Å². The molecule has 4 atom stereocenters. The number of nitrogens with one attached hydrogen (secondary N) is 1. The molecular formula is C15H25N3. The summed E-state index contributed by atoms with van der Waals surface area (Å²) in [4.78, 5) is 4.42. The molecule has 1 aromatic heterocycles.